The van der Waals surface area contributed by atoms with Crippen molar-refractivity contribution in [1.29, 1.82) is 0 Å². The van der Waals surface area contributed by atoms with E-state index in [-0.39, 0.29) is 24.0 Å². The number of para-hydroxylation sites is 2. The average molecular weight is 460 g/mol. The number of halogens is 1. The average Bonchev–Trinajstić information content (AvgIpc) is 3.09. The number of unbranched alkanes of at least 4 members (excludes halogenated alkanes) is 1. The highest BCUT2D eigenvalue weighted by Crippen LogP contribution is 2.31. The van der Waals surface area contributed by atoms with E-state index in [2.05, 4.69) is 46.2 Å². The Balaban J connectivity index is 0.00000312. The van der Waals surface area contributed by atoms with Crippen LogP contribution in [0.5, 0.6) is 5.75 Å². The zero-order valence-corrected chi connectivity index (χ0v) is 18.3. The zero-order chi connectivity index (χ0) is 17.4. The molecule has 1 atom stereocenters. The fourth-order valence-corrected chi connectivity index (χ4v) is 3.23. The van der Waals surface area contributed by atoms with Crippen LogP contribution in [0.3, 0.4) is 0 Å². The highest BCUT2D eigenvalue weighted by Gasteiger charge is 2.24. The lowest BCUT2D eigenvalue weighted by Crippen LogP contribution is -2.41. The van der Waals surface area contributed by atoms with Crippen LogP contribution in [-0.2, 0) is 0 Å². The Kier molecular flexibility index (Phi) is 10.0. The standard InChI is InChI=1S/C19H32N4O.HI/c1-5-6-12-22(3)19(20-2)21-14-16-11-13-23(15-16)17-9-7-8-10-18(17)24-4;/h7-10,16H,5-6,11-15H2,1-4H3,(H,20,21);1H. The molecule has 0 radical (unpaired) electrons. The molecule has 1 heterocycles. The molecule has 0 bridgehead atoms. The summed E-state index contributed by atoms with van der Waals surface area (Å²) in [6.45, 7) is 6.37. The molecular formula is C19H33IN4O. The van der Waals surface area contributed by atoms with Gasteiger partial charge in [-0.05, 0) is 30.9 Å². The van der Waals surface area contributed by atoms with Crippen molar-refractivity contribution in [2.75, 3.05) is 52.3 Å². The maximum atomic E-state index is 5.49. The summed E-state index contributed by atoms with van der Waals surface area (Å²) in [5.41, 5.74) is 1.20. The Morgan fingerprint density at radius 2 is 2.16 bits per heavy atom. The Morgan fingerprint density at radius 3 is 2.84 bits per heavy atom. The number of anilines is 1. The first-order valence-electron chi connectivity index (χ1n) is 8.99. The highest BCUT2D eigenvalue weighted by molar-refractivity contribution is 14.0. The largest absolute Gasteiger partial charge is 0.495 e. The van der Waals surface area contributed by atoms with Gasteiger partial charge in [0.2, 0.25) is 0 Å². The minimum absolute atomic E-state index is 0. The fourth-order valence-electron chi connectivity index (χ4n) is 3.23. The summed E-state index contributed by atoms with van der Waals surface area (Å²) in [4.78, 5) is 9.05. The maximum Gasteiger partial charge on any atom is 0.193 e. The third-order valence-electron chi connectivity index (χ3n) is 4.68. The molecule has 0 saturated carbocycles. The van der Waals surface area contributed by atoms with E-state index >= 15 is 0 Å². The second-order valence-corrected chi connectivity index (χ2v) is 6.48. The molecule has 1 aromatic carbocycles. The van der Waals surface area contributed by atoms with Crippen LogP contribution in [0.4, 0.5) is 5.69 Å². The summed E-state index contributed by atoms with van der Waals surface area (Å²) in [7, 11) is 5.71. The van der Waals surface area contributed by atoms with E-state index in [4.69, 9.17) is 4.74 Å². The lowest BCUT2D eigenvalue weighted by atomic mass is 10.1. The van der Waals surface area contributed by atoms with Gasteiger partial charge in [0.1, 0.15) is 5.75 Å². The van der Waals surface area contributed by atoms with Crippen LogP contribution < -0.4 is 15.0 Å². The molecule has 25 heavy (non-hydrogen) atoms. The van der Waals surface area contributed by atoms with Crippen LogP contribution in [0.1, 0.15) is 26.2 Å². The van der Waals surface area contributed by atoms with Crippen molar-refractivity contribution in [3.8, 4) is 5.75 Å². The van der Waals surface area contributed by atoms with Gasteiger partial charge >= 0.3 is 0 Å². The van der Waals surface area contributed by atoms with Gasteiger partial charge in [-0.1, -0.05) is 25.5 Å². The first-order chi connectivity index (χ1) is 11.7. The van der Waals surface area contributed by atoms with E-state index in [0.29, 0.717) is 5.92 Å². The molecule has 1 unspecified atom stereocenters. The predicted octanol–water partition coefficient (Wildman–Crippen LogP) is 3.45. The van der Waals surface area contributed by atoms with Crippen molar-refractivity contribution in [3.05, 3.63) is 24.3 Å². The van der Waals surface area contributed by atoms with E-state index < -0.39 is 0 Å². The van der Waals surface area contributed by atoms with Crippen LogP contribution in [0, 0.1) is 5.92 Å². The minimum atomic E-state index is 0. The van der Waals surface area contributed by atoms with Crippen molar-refractivity contribution in [2.45, 2.75) is 26.2 Å². The third-order valence-corrected chi connectivity index (χ3v) is 4.68. The van der Waals surface area contributed by atoms with Gasteiger partial charge in [0, 0.05) is 40.3 Å². The number of nitrogens with zero attached hydrogens (tertiary/aromatic N) is 3. The lowest BCUT2D eigenvalue weighted by Gasteiger charge is -2.24. The molecule has 1 N–H and O–H groups in total. The van der Waals surface area contributed by atoms with Gasteiger partial charge in [-0.3, -0.25) is 4.99 Å². The molecular weight excluding hydrogens is 427 g/mol. The monoisotopic (exact) mass is 460 g/mol. The second kappa shape index (κ2) is 11.4. The summed E-state index contributed by atoms with van der Waals surface area (Å²) < 4.78 is 5.49. The van der Waals surface area contributed by atoms with Crippen LogP contribution in [0.15, 0.2) is 29.3 Å². The van der Waals surface area contributed by atoms with Gasteiger partial charge in [-0.2, -0.15) is 0 Å². The van der Waals surface area contributed by atoms with Gasteiger partial charge in [0.05, 0.1) is 12.8 Å². The van der Waals surface area contributed by atoms with Crippen molar-refractivity contribution in [3.63, 3.8) is 0 Å². The Labute approximate surface area is 169 Å². The molecule has 142 valence electrons. The molecule has 0 aliphatic carbocycles. The van der Waals surface area contributed by atoms with Gasteiger partial charge in [0.15, 0.2) is 5.96 Å². The Hall–Kier alpha value is -1.18. The smallest absolute Gasteiger partial charge is 0.193 e. The van der Waals surface area contributed by atoms with Gasteiger partial charge in [-0.15, -0.1) is 24.0 Å². The third kappa shape index (κ3) is 6.24. The molecule has 1 aromatic rings. The number of methoxy groups -OCH3 is 1. The van der Waals surface area contributed by atoms with E-state index in [0.717, 1.165) is 37.9 Å². The van der Waals surface area contributed by atoms with Gasteiger partial charge < -0.3 is 19.9 Å². The number of benzene rings is 1. The van der Waals surface area contributed by atoms with Crippen molar-refractivity contribution in [1.82, 2.24) is 10.2 Å². The normalized spacial score (nSPS) is 17.2. The molecule has 6 heteroatoms. The van der Waals surface area contributed by atoms with Crippen LogP contribution >= 0.6 is 24.0 Å². The molecule has 0 spiro atoms. The molecule has 5 nitrogen and oxygen atoms in total. The number of ether oxygens (including phenoxy) is 1. The van der Waals surface area contributed by atoms with Gasteiger partial charge in [-0.25, -0.2) is 0 Å². The molecule has 1 fully saturated rings. The Morgan fingerprint density at radius 1 is 1.40 bits per heavy atom. The predicted molar refractivity (Wildman–Crippen MR) is 118 cm³/mol. The minimum Gasteiger partial charge on any atom is -0.495 e. The molecule has 0 aromatic heterocycles. The molecule has 1 saturated heterocycles. The number of guanidine groups is 1. The number of hydrogen-bond acceptors (Lipinski definition) is 3. The summed E-state index contributed by atoms with van der Waals surface area (Å²) in [5.74, 6) is 2.59. The first-order valence-corrected chi connectivity index (χ1v) is 8.99. The summed E-state index contributed by atoms with van der Waals surface area (Å²) in [6, 6.07) is 8.28. The quantitative estimate of drug-likeness (QED) is 0.385. The van der Waals surface area contributed by atoms with E-state index in [9.17, 15) is 0 Å². The molecule has 0 amide bonds. The maximum absolute atomic E-state index is 5.49. The van der Waals surface area contributed by atoms with Crippen molar-refractivity contribution < 1.29 is 4.74 Å². The fraction of sp³-hybridized carbons (Fsp3) is 0.632. The second-order valence-electron chi connectivity index (χ2n) is 6.48. The molecule has 2 rings (SSSR count). The van der Waals surface area contributed by atoms with Crippen LogP contribution in [0.2, 0.25) is 0 Å². The van der Waals surface area contributed by atoms with Crippen LogP contribution in [-0.4, -0.2) is 58.2 Å². The SMILES string of the molecule is CCCCN(C)C(=NC)NCC1CCN(c2ccccc2OC)C1.I. The van der Waals surface area contributed by atoms with Crippen molar-refractivity contribution >= 4 is 35.6 Å². The van der Waals surface area contributed by atoms with E-state index in [1.165, 1.54) is 24.9 Å². The summed E-state index contributed by atoms with van der Waals surface area (Å²) in [5, 5.41) is 3.54. The summed E-state index contributed by atoms with van der Waals surface area (Å²) >= 11 is 0. The van der Waals surface area contributed by atoms with Crippen molar-refractivity contribution in [2.24, 2.45) is 10.9 Å². The lowest BCUT2D eigenvalue weighted by molar-refractivity contribution is 0.414. The number of nitrogens with one attached hydrogen (secondary N) is 1. The van der Waals surface area contributed by atoms with Crippen LogP contribution in [0.25, 0.3) is 0 Å². The molecule has 1 aliphatic rings. The Bertz CT molecular complexity index is 538. The highest BCUT2D eigenvalue weighted by atomic mass is 127. The summed E-state index contributed by atoms with van der Waals surface area (Å²) in [6.07, 6.45) is 3.60. The van der Waals surface area contributed by atoms with E-state index in [1.54, 1.807) is 7.11 Å². The number of rotatable bonds is 7. The zero-order valence-electron chi connectivity index (χ0n) is 16.0. The van der Waals surface area contributed by atoms with E-state index in [1.807, 2.05) is 19.2 Å². The number of hydrogen-bond donors (Lipinski definition) is 1. The molecule has 1 aliphatic heterocycles. The first kappa shape index (κ1) is 21.9. The number of aliphatic imine (C=N–C) groups is 1. The topological polar surface area (TPSA) is 40.1 Å². The van der Waals surface area contributed by atoms with Gasteiger partial charge in [0.25, 0.3) is 0 Å².